The highest BCUT2D eigenvalue weighted by molar-refractivity contribution is 14.4. The summed E-state index contributed by atoms with van der Waals surface area (Å²) in [6, 6.07) is 1.48. The molecule has 0 atom stereocenters. The van der Waals surface area contributed by atoms with E-state index < -0.39 is 0.564 Å². The molecule has 0 bridgehead atoms. The quantitative estimate of drug-likeness (QED) is 0.0494. The molecule has 0 aliphatic rings. The molecule has 0 aliphatic heterocycles. The van der Waals surface area contributed by atoms with Crippen molar-refractivity contribution < 1.29 is 4.74 Å². The lowest BCUT2D eigenvalue weighted by molar-refractivity contribution is 0.151. The average Bonchev–Trinajstić information content (AvgIpc) is 2.45. The van der Waals surface area contributed by atoms with Crippen LogP contribution in [0.5, 0.6) is 0 Å². The standard InChI is InChI=1S/C18H35I3OSi/c1-18(2)17-22-15-13-11-9-7-5-3-4-6-8-10-12-14-16-23(19,20)21/h1,3-17H2,2H3. The van der Waals surface area contributed by atoms with Gasteiger partial charge in [-0.25, -0.2) is 0 Å². The third kappa shape index (κ3) is 24.1. The highest BCUT2D eigenvalue weighted by Gasteiger charge is 2.19. The minimum Gasteiger partial charge on any atom is -0.377 e. The summed E-state index contributed by atoms with van der Waals surface area (Å²) in [4.78, 5) is 0. The van der Waals surface area contributed by atoms with Crippen molar-refractivity contribution in [1.29, 1.82) is 0 Å². The second-order valence-corrected chi connectivity index (χ2v) is 43.5. The first-order valence-electron chi connectivity index (χ1n) is 9.20. The van der Waals surface area contributed by atoms with Gasteiger partial charge in [-0.1, -0.05) is 148 Å². The first-order chi connectivity index (χ1) is 10.9. The van der Waals surface area contributed by atoms with Crippen LogP contribution in [-0.4, -0.2) is 13.8 Å². The monoisotopic (exact) mass is 676 g/mol. The Morgan fingerprint density at radius 2 is 1.13 bits per heavy atom. The zero-order valence-electron chi connectivity index (χ0n) is 14.9. The maximum absolute atomic E-state index is 5.51. The van der Waals surface area contributed by atoms with Gasteiger partial charge in [0.2, 0.25) is 0 Å². The molecular weight excluding hydrogens is 641 g/mol. The van der Waals surface area contributed by atoms with Crippen molar-refractivity contribution in [3.05, 3.63) is 12.2 Å². The number of unbranched alkanes of at least 4 members (excludes halogenated alkanes) is 11. The van der Waals surface area contributed by atoms with Crippen LogP contribution in [0.4, 0.5) is 0 Å². The van der Waals surface area contributed by atoms with Crippen molar-refractivity contribution >= 4 is 66.0 Å². The molecule has 0 fully saturated rings. The van der Waals surface area contributed by atoms with Crippen molar-refractivity contribution in [2.24, 2.45) is 0 Å². The van der Waals surface area contributed by atoms with E-state index in [2.05, 4.69) is 72.0 Å². The Balaban J connectivity index is 3.04. The fourth-order valence-electron chi connectivity index (χ4n) is 2.54. The van der Waals surface area contributed by atoms with Gasteiger partial charge in [-0.3, -0.25) is 0 Å². The van der Waals surface area contributed by atoms with Gasteiger partial charge in [0.25, 0.3) is 0.564 Å². The molecule has 0 unspecified atom stereocenters. The van der Waals surface area contributed by atoms with Gasteiger partial charge in [-0.15, -0.1) is 0 Å². The molecule has 138 valence electrons. The fraction of sp³-hybridized carbons (Fsp3) is 0.889. The van der Waals surface area contributed by atoms with Crippen LogP contribution in [0.1, 0.15) is 84.0 Å². The van der Waals surface area contributed by atoms with Gasteiger partial charge in [0.1, 0.15) is 0 Å². The Hall–Kier alpha value is 2.11. The SMILES string of the molecule is C=C(C)COCCCCCCCCCCCCCC[Si](I)(I)I. The maximum atomic E-state index is 5.51. The number of ether oxygens (including phenoxy) is 1. The first kappa shape index (κ1) is 25.1. The third-order valence-corrected chi connectivity index (χ3v) is 9.62. The molecular formula is C18H35I3OSi. The summed E-state index contributed by atoms with van der Waals surface area (Å²) in [5.74, 6) is 0. The molecule has 0 aliphatic carbocycles. The Morgan fingerprint density at radius 1 is 0.739 bits per heavy atom. The van der Waals surface area contributed by atoms with Crippen LogP contribution in [0.2, 0.25) is 6.04 Å². The van der Waals surface area contributed by atoms with Crippen LogP contribution in [0.3, 0.4) is 0 Å². The zero-order valence-corrected chi connectivity index (χ0v) is 22.3. The lowest BCUT2D eigenvalue weighted by atomic mass is 10.1. The molecule has 5 heteroatoms. The highest BCUT2D eigenvalue weighted by Crippen LogP contribution is 2.35. The normalized spacial score (nSPS) is 11.8. The van der Waals surface area contributed by atoms with Gasteiger partial charge >= 0.3 is 0 Å². The molecule has 0 N–H and O–H groups in total. The van der Waals surface area contributed by atoms with Gasteiger partial charge in [0, 0.05) is 6.61 Å². The van der Waals surface area contributed by atoms with Crippen LogP contribution < -0.4 is 0 Å². The Kier molecular flexibility index (Phi) is 19.1. The Labute approximate surface area is 184 Å². The van der Waals surface area contributed by atoms with Gasteiger partial charge < -0.3 is 4.74 Å². The largest absolute Gasteiger partial charge is 0.377 e. The number of hydrogen-bond acceptors (Lipinski definition) is 1. The fourth-order valence-corrected chi connectivity index (χ4v) is 6.63. The van der Waals surface area contributed by atoms with E-state index in [1.165, 1.54) is 83.1 Å². The van der Waals surface area contributed by atoms with E-state index in [0.29, 0.717) is 0 Å². The number of halogens is 3. The van der Waals surface area contributed by atoms with E-state index >= 15 is 0 Å². The summed E-state index contributed by atoms with van der Waals surface area (Å²) in [5, 5.41) is 0. The minimum atomic E-state index is -0.869. The molecule has 1 nitrogen and oxygen atoms in total. The molecule has 23 heavy (non-hydrogen) atoms. The third-order valence-electron chi connectivity index (χ3n) is 3.85. The van der Waals surface area contributed by atoms with Crippen molar-refractivity contribution in [3.8, 4) is 0 Å². The predicted octanol–water partition coefficient (Wildman–Crippen LogP) is 8.50. The van der Waals surface area contributed by atoms with Gasteiger partial charge in [0.15, 0.2) is 0 Å². The zero-order chi connectivity index (χ0) is 17.4. The summed E-state index contributed by atoms with van der Waals surface area (Å²) < 4.78 is 4.65. The van der Waals surface area contributed by atoms with E-state index in [0.717, 1.165) is 18.8 Å². The van der Waals surface area contributed by atoms with Crippen LogP contribution in [-0.2, 0) is 4.74 Å². The van der Waals surface area contributed by atoms with Crippen LogP contribution in [0.15, 0.2) is 12.2 Å². The molecule has 0 aromatic carbocycles. The van der Waals surface area contributed by atoms with Crippen LogP contribution in [0.25, 0.3) is 0 Å². The molecule has 0 aromatic heterocycles. The lowest BCUT2D eigenvalue weighted by Crippen LogP contribution is -2.03. The Bertz CT molecular complexity index is 280. The van der Waals surface area contributed by atoms with Crippen molar-refractivity contribution in [2.75, 3.05) is 13.2 Å². The first-order valence-corrected chi connectivity index (χ1v) is 20.8. The second-order valence-electron chi connectivity index (χ2n) is 6.62. The van der Waals surface area contributed by atoms with Crippen molar-refractivity contribution in [3.63, 3.8) is 0 Å². The Morgan fingerprint density at radius 3 is 1.52 bits per heavy atom. The van der Waals surface area contributed by atoms with Crippen molar-refractivity contribution in [2.45, 2.75) is 90.0 Å². The van der Waals surface area contributed by atoms with E-state index in [9.17, 15) is 0 Å². The number of hydrogen-bond donors (Lipinski definition) is 0. The van der Waals surface area contributed by atoms with Crippen LogP contribution in [0, 0.1) is 0 Å². The predicted molar refractivity (Wildman–Crippen MR) is 134 cm³/mol. The van der Waals surface area contributed by atoms with Gasteiger partial charge in [0.05, 0.1) is 6.61 Å². The van der Waals surface area contributed by atoms with E-state index in [4.69, 9.17) is 4.74 Å². The molecule has 0 saturated carbocycles. The van der Waals surface area contributed by atoms with E-state index in [1.807, 2.05) is 6.92 Å². The highest BCUT2D eigenvalue weighted by atomic mass is 127. The molecule has 0 amide bonds. The van der Waals surface area contributed by atoms with E-state index in [-0.39, 0.29) is 0 Å². The molecule has 0 heterocycles. The smallest absolute Gasteiger partial charge is 0.253 e. The summed E-state index contributed by atoms with van der Waals surface area (Å²) >= 11 is 8.04. The average molecular weight is 676 g/mol. The molecule has 0 rings (SSSR count). The summed E-state index contributed by atoms with van der Waals surface area (Å²) in [5.41, 5.74) is 1.12. The summed E-state index contributed by atoms with van der Waals surface area (Å²) in [6.45, 7) is 7.50. The summed E-state index contributed by atoms with van der Waals surface area (Å²) in [7, 11) is 0. The molecule has 0 aromatic rings. The lowest BCUT2D eigenvalue weighted by Gasteiger charge is -2.08. The van der Waals surface area contributed by atoms with E-state index in [1.54, 1.807) is 0 Å². The molecule has 0 radical (unpaired) electrons. The minimum absolute atomic E-state index is 0.733. The number of rotatable bonds is 17. The van der Waals surface area contributed by atoms with Gasteiger partial charge in [-0.05, 0) is 19.4 Å². The topological polar surface area (TPSA) is 9.23 Å². The van der Waals surface area contributed by atoms with Gasteiger partial charge in [-0.2, -0.15) is 0 Å². The maximum Gasteiger partial charge on any atom is 0.253 e. The van der Waals surface area contributed by atoms with Crippen LogP contribution >= 0.6 is 65.4 Å². The second kappa shape index (κ2) is 17.5. The summed E-state index contributed by atoms with van der Waals surface area (Å²) in [6.07, 6.45) is 16.9. The van der Waals surface area contributed by atoms with Crippen molar-refractivity contribution in [1.82, 2.24) is 0 Å². The molecule has 0 saturated heterocycles. The molecule has 0 spiro atoms.